The number of rotatable bonds is 3. The van der Waals surface area contributed by atoms with Crippen molar-refractivity contribution in [3.63, 3.8) is 0 Å². The van der Waals surface area contributed by atoms with Crippen molar-refractivity contribution in [1.82, 2.24) is 14.8 Å². The van der Waals surface area contributed by atoms with Gasteiger partial charge in [-0.15, -0.1) is 5.10 Å². The van der Waals surface area contributed by atoms with Crippen molar-refractivity contribution in [2.24, 2.45) is 0 Å². The standard InChI is InChI=1S/C8H11N3O5/c12-2-5-4(13)1-6(16-5)11-3-9-7(10-11)8(14)15/h3-6,12-13H,1-2H2,(H,14,15). The average Bonchev–Trinajstić information content (AvgIpc) is 2.83. The number of carbonyl (C=O) groups is 1. The Morgan fingerprint density at radius 1 is 1.69 bits per heavy atom. The summed E-state index contributed by atoms with van der Waals surface area (Å²) in [5.74, 6) is -1.55. The molecule has 0 aliphatic carbocycles. The molecular formula is C8H11N3O5. The van der Waals surface area contributed by atoms with Crippen LogP contribution in [0.15, 0.2) is 6.33 Å². The molecule has 0 amide bonds. The van der Waals surface area contributed by atoms with E-state index in [4.69, 9.17) is 14.9 Å². The van der Waals surface area contributed by atoms with Crippen molar-refractivity contribution in [3.8, 4) is 0 Å². The number of aromatic nitrogens is 3. The number of carboxylic acid groups (broad SMARTS) is 1. The fourth-order valence-electron chi connectivity index (χ4n) is 1.55. The average molecular weight is 229 g/mol. The van der Waals surface area contributed by atoms with Crippen molar-refractivity contribution in [2.75, 3.05) is 6.61 Å². The van der Waals surface area contributed by atoms with Gasteiger partial charge in [0.05, 0.1) is 12.7 Å². The molecular weight excluding hydrogens is 218 g/mol. The lowest BCUT2D eigenvalue weighted by Crippen LogP contribution is -2.24. The first-order chi connectivity index (χ1) is 7.61. The number of nitrogens with zero attached hydrogens (tertiary/aromatic N) is 3. The molecule has 0 bridgehead atoms. The normalized spacial score (nSPS) is 29.5. The van der Waals surface area contributed by atoms with Crippen LogP contribution in [-0.4, -0.2) is 54.9 Å². The highest BCUT2D eigenvalue weighted by Gasteiger charge is 2.35. The number of ether oxygens (including phenoxy) is 1. The second-order valence-corrected chi connectivity index (χ2v) is 3.47. The Balaban J connectivity index is 2.11. The van der Waals surface area contributed by atoms with Crippen molar-refractivity contribution >= 4 is 5.97 Å². The van der Waals surface area contributed by atoms with Crippen LogP contribution in [0.25, 0.3) is 0 Å². The van der Waals surface area contributed by atoms with Gasteiger partial charge in [-0.1, -0.05) is 0 Å². The minimum atomic E-state index is -1.23. The van der Waals surface area contributed by atoms with E-state index in [1.165, 1.54) is 11.0 Å². The molecule has 1 aromatic rings. The van der Waals surface area contributed by atoms with E-state index < -0.39 is 24.4 Å². The molecule has 2 rings (SSSR count). The van der Waals surface area contributed by atoms with E-state index in [0.717, 1.165) is 0 Å². The zero-order valence-corrected chi connectivity index (χ0v) is 8.22. The topological polar surface area (TPSA) is 118 Å². The maximum absolute atomic E-state index is 10.5. The Hall–Kier alpha value is -1.51. The highest BCUT2D eigenvalue weighted by Crippen LogP contribution is 2.27. The number of aromatic carboxylic acids is 1. The highest BCUT2D eigenvalue weighted by molar-refractivity contribution is 5.82. The molecule has 8 heteroatoms. The predicted molar refractivity (Wildman–Crippen MR) is 48.6 cm³/mol. The van der Waals surface area contributed by atoms with Gasteiger partial charge in [0.2, 0.25) is 0 Å². The van der Waals surface area contributed by atoms with Gasteiger partial charge in [0.1, 0.15) is 12.4 Å². The molecule has 1 aliphatic heterocycles. The van der Waals surface area contributed by atoms with Gasteiger partial charge in [0.25, 0.3) is 5.82 Å². The van der Waals surface area contributed by atoms with E-state index in [2.05, 4.69) is 10.1 Å². The minimum absolute atomic E-state index is 0.244. The SMILES string of the molecule is O=C(O)c1ncn(C2CC(O)C(CO)O2)n1. The molecule has 8 nitrogen and oxygen atoms in total. The summed E-state index contributed by atoms with van der Waals surface area (Å²) in [5, 5.41) is 30.6. The maximum Gasteiger partial charge on any atom is 0.375 e. The Morgan fingerprint density at radius 3 is 2.94 bits per heavy atom. The van der Waals surface area contributed by atoms with Crippen LogP contribution in [-0.2, 0) is 4.74 Å². The predicted octanol–water partition coefficient (Wildman–Crippen LogP) is -1.38. The van der Waals surface area contributed by atoms with Gasteiger partial charge >= 0.3 is 5.97 Å². The summed E-state index contributed by atoms with van der Waals surface area (Å²) in [6.45, 7) is -0.294. The molecule has 3 atom stereocenters. The number of aliphatic hydroxyl groups is 2. The summed E-state index contributed by atoms with van der Waals surface area (Å²) in [6.07, 6.45) is -0.573. The molecule has 1 aromatic heterocycles. The smallest absolute Gasteiger partial charge is 0.375 e. The van der Waals surface area contributed by atoms with Crippen LogP contribution in [0.5, 0.6) is 0 Å². The summed E-state index contributed by atoms with van der Waals surface area (Å²) in [7, 11) is 0. The second kappa shape index (κ2) is 4.16. The Bertz CT molecular complexity index is 393. The molecule has 1 aliphatic rings. The minimum Gasteiger partial charge on any atom is -0.475 e. The molecule has 1 fully saturated rings. The molecule has 88 valence electrons. The number of aliphatic hydroxyl groups excluding tert-OH is 2. The number of hydrogen-bond donors (Lipinski definition) is 3. The van der Waals surface area contributed by atoms with E-state index >= 15 is 0 Å². The molecule has 16 heavy (non-hydrogen) atoms. The van der Waals surface area contributed by atoms with Crippen LogP contribution >= 0.6 is 0 Å². The summed E-state index contributed by atoms with van der Waals surface area (Å²) in [4.78, 5) is 14.1. The number of hydrogen-bond acceptors (Lipinski definition) is 6. The zero-order chi connectivity index (χ0) is 11.7. The van der Waals surface area contributed by atoms with Crippen LogP contribution in [0.4, 0.5) is 0 Å². The van der Waals surface area contributed by atoms with Gasteiger partial charge in [0.15, 0.2) is 6.23 Å². The monoisotopic (exact) mass is 229 g/mol. The van der Waals surface area contributed by atoms with Gasteiger partial charge in [-0.25, -0.2) is 14.5 Å². The molecule has 3 unspecified atom stereocenters. The fraction of sp³-hybridized carbons (Fsp3) is 0.625. The summed E-state index contributed by atoms with van der Waals surface area (Å²) < 4.78 is 6.49. The van der Waals surface area contributed by atoms with Gasteiger partial charge < -0.3 is 20.1 Å². The summed E-state index contributed by atoms with van der Waals surface area (Å²) >= 11 is 0. The quantitative estimate of drug-likeness (QED) is 0.584. The second-order valence-electron chi connectivity index (χ2n) is 3.47. The van der Waals surface area contributed by atoms with Crippen molar-refractivity contribution in [3.05, 3.63) is 12.2 Å². The van der Waals surface area contributed by atoms with Crippen LogP contribution in [0.2, 0.25) is 0 Å². The fourth-order valence-corrected chi connectivity index (χ4v) is 1.55. The molecule has 0 spiro atoms. The van der Waals surface area contributed by atoms with E-state index in [-0.39, 0.29) is 18.9 Å². The van der Waals surface area contributed by atoms with E-state index in [1.54, 1.807) is 0 Å². The van der Waals surface area contributed by atoms with Gasteiger partial charge in [0, 0.05) is 6.42 Å². The molecule has 1 saturated heterocycles. The first-order valence-corrected chi connectivity index (χ1v) is 4.70. The third kappa shape index (κ3) is 1.90. The third-order valence-electron chi connectivity index (χ3n) is 2.38. The van der Waals surface area contributed by atoms with E-state index in [1.807, 2.05) is 0 Å². The largest absolute Gasteiger partial charge is 0.475 e. The van der Waals surface area contributed by atoms with Crippen LogP contribution in [0, 0.1) is 0 Å². The Labute approximate surface area is 90.1 Å². The third-order valence-corrected chi connectivity index (χ3v) is 2.38. The zero-order valence-electron chi connectivity index (χ0n) is 8.22. The highest BCUT2D eigenvalue weighted by atomic mass is 16.5. The summed E-state index contributed by atoms with van der Waals surface area (Å²) in [6, 6.07) is 0. The number of carboxylic acids is 1. The molecule has 0 radical (unpaired) electrons. The Morgan fingerprint density at radius 2 is 2.44 bits per heavy atom. The van der Waals surface area contributed by atoms with E-state index in [9.17, 15) is 9.90 Å². The molecule has 0 saturated carbocycles. The van der Waals surface area contributed by atoms with Gasteiger partial charge in [-0.2, -0.15) is 0 Å². The lowest BCUT2D eigenvalue weighted by molar-refractivity contribution is -0.0486. The van der Waals surface area contributed by atoms with Crippen molar-refractivity contribution in [1.29, 1.82) is 0 Å². The van der Waals surface area contributed by atoms with Gasteiger partial charge in [-0.3, -0.25) is 0 Å². The Kier molecular flexibility index (Phi) is 2.86. The first-order valence-electron chi connectivity index (χ1n) is 4.70. The molecule has 3 N–H and O–H groups in total. The van der Waals surface area contributed by atoms with Crippen LogP contribution in [0.1, 0.15) is 23.3 Å². The van der Waals surface area contributed by atoms with Crippen LogP contribution in [0.3, 0.4) is 0 Å². The summed E-state index contributed by atoms with van der Waals surface area (Å²) in [5.41, 5.74) is 0. The van der Waals surface area contributed by atoms with E-state index in [0.29, 0.717) is 0 Å². The van der Waals surface area contributed by atoms with Crippen LogP contribution < -0.4 is 0 Å². The van der Waals surface area contributed by atoms with Crippen molar-refractivity contribution in [2.45, 2.75) is 24.9 Å². The van der Waals surface area contributed by atoms with Gasteiger partial charge in [-0.05, 0) is 0 Å². The van der Waals surface area contributed by atoms with Crippen molar-refractivity contribution < 1.29 is 24.9 Å². The molecule has 2 heterocycles. The maximum atomic E-state index is 10.5. The first kappa shape index (κ1) is 11.0. The lowest BCUT2D eigenvalue weighted by Gasteiger charge is -2.11. The lowest BCUT2D eigenvalue weighted by atomic mass is 10.2. The molecule has 0 aromatic carbocycles.